The van der Waals surface area contributed by atoms with Gasteiger partial charge in [0.15, 0.2) is 5.78 Å². The Hall–Kier alpha value is -2.53. The normalized spacial score (nSPS) is 18.3. The van der Waals surface area contributed by atoms with Crippen LogP contribution in [-0.2, 0) is 17.6 Å². The minimum Gasteiger partial charge on any atom is -0.307 e. The van der Waals surface area contributed by atoms with E-state index in [1.807, 2.05) is 11.0 Å². The Kier molecular flexibility index (Phi) is 7.28. The van der Waals surface area contributed by atoms with E-state index in [0.29, 0.717) is 0 Å². The van der Waals surface area contributed by atoms with E-state index in [4.69, 9.17) is 0 Å². The number of carbonyl (C=O) groups is 2. The summed E-state index contributed by atoms with van der Waals surface area (Å²) in [7, 11) is 0. The first-order valence-corrected chi connectivity index (χ1v) is 12.3. The summed E-state index contributed by atoms with van der Waals surface area (Å²) in [5, 5.41) is 0. The molecule has 1 aliphatic carbocycles. The van der Waals surface area contributed by atoms with E-state index in [0.717, 1.165) is 75.8 Å². The number of fused-ring (bicyclic) bond motifs is 1. The molecule has 1 saturated carbocycles. The zero-order chi connectivity index (χ0) is 23.4. The summed E-state index contributed by atoms with van der Waals surface area (Å²) in [6.07, 6.45) is 8.24. The van der Waals surface area contributed by atoms with Crippen molar-refractivity contribution in [2.75, 3.05) is 24.5 Å². The highest BCUT2D eigenvalue weighted by atomic mass is 19.1. The zero-order valence-corrected chi connectivity index (χ0v) is 19.9. The molecule has 0 radical (unpaired) electrons. The SMILES string of the molecule is CC(=O)c1ccc2c(c1)CCN(CCC1(N(C(C)=O)c3ccc(F)cc3)CCCCC1)CC2. The van der Waals surface area contributed by atoms with Crippen LogP contribution < -0.4 is 4.90 Å². The lowest BCUT2D eigenvalue weighted by molar-refractivity contribution is -0.118. The van der Waals surface area contributed by atoms with E-state index in [2.05, 4.69) is 17.0 Å². The number of hydrogen-bond donors (Lipinski definition) is 0. The molecule has 2 aliphatic rings. The lowest BCUT2D eigenvalue weighted by Gasteiger charge is -2.47. The molecule has 0 aromatic heterocycles. The van der Waals surface area contributed by atoms with Gasteiger partial charge >= 0.3 is 0 Å². The zero-order valence-electron chi connectivity index (χ0n) is 19.9. The standard InChI is InChI=1S/C28H35FN2O2/c1-21(32)24-7-6-23-12-17-30(18-13-25(23)20-24)19-16-28(14-4-3-5-15-28)31(22(2)33)27-10-8-26(29)9-11-27/h6-11,20H,3-5,12-19H2,1-2H3. The fourth-order valence-corrected chi connectivity index (χ4v) is 5.76. The van der Waals surface area contributed by atoms with Gasteiger partial charge in [0.25, 0.3) is 0 Å². The molecule has 0 N–H and O–H groups in total. The second-order valence-electron chi connectivity index (χ2n) is 9.75. The van der Waals surface area contributed by atoms with E-state index in [-0.39, 0.29) is 23.0 Å². The molecule has 33 heavy (non-hydrogen) atoms. The van der Waals surface area contributed by atoms with Crippen LogP contribution in [0.25, 0.3) is 0 Å². The summed E-state index contributed by atoms with van der Waals surface area (Å²) in [6.45, 7) is 6.13. The molecule has 2 aromatic rings. The van der Waals surface area contributed by atoms with Crippen LogP contribution in [0.3, 0.4) is 0 Å². The molecule has 0 atom stereocenters. The first-order chi connectivity index (χ1) is 15.9. The number of nitrogens with zero attached hydrogens (tertiary/aromatic N) is 2. The fraction of sp³-hybridized carbons (Fsp3) is 0.500. The largest absolute Gasteiger partial charge is 0.307 e. The molecule has 1 aliphatic heterocycles. The average Bonchev–Trinajstić information content (AvgIpc) is 3.01. The highest BCUT2D eigenvalue weighted by Gasteiger charge is 2.40. The van der Waals surface area contributed by atoms with Gasteiger partial charge in [-0.2, -0.15) is 0 Å². The first-order valence-electron chi connectivity index (χ1n) is 12.3. The summed E-state index contributed by atoms with van der Waals surface area (Å²) in [5.41, 5.74) is 3.99. The highest BCUT2D eigenvalue weighted by Crippen LogP contribution is 2.40. The minimum atomic E-state index is -0.281. The van der Waals surface area contributed by atoms with E-state index >= 15 is 0 Å². The Morgan fingerprint density at radius 2 is 1.61 bits per heavy atom. The third-order valence-electron chi connectivity index (χ3n) is 7.56. The number of rotatable bonds is 6. The predicted octanol–water partition coefficient (Wildman–Crippen LogP) is 5.58. The number of Topliss-reactive ketones (excluding diaryl/α,β-unsaturated/α-hetero) is 1. The molecular formula is C28H35FN2O2. The van der Waals surface area contributed by atoms with Crippen LogP contribution >= 0.6 is 0 Å². The second kappa shape index (κ2) is 10.2. The number of amides is 1. The number of anilines is 1. The maximum absolute atomic E-state index is 13.6. The van der Waals surface area contributed by atoms with Crippen molar-refractivity contribution in [1.29, 1.82) is 0 Å². The van der Waals surface area contributed by atoms with E-state index in [1.54, 1.807) is 26.0 Å². The lowest BCUT2D eigenvalue weighted by atomic mass is 9.77. The van der Waals surface area contributed by atoms with Crippen LogP contribution in [0.5, 0.6) is 0 Å². The van der Waals surface area contributed by atoms with Crippen molar-refractivity contribution in [2.45, 2.75) is 70.8 Å². The third kappa shape index (κ3) is 5.35. The lowest BCUT2D eigenvalue weighted by Crippen LogP contribution is -2.54. The molecule has 0 unspecified atom stereocenters. The molecule has 5 heteroatoms. The Balaban J connectivity index is 1.50. The van der Waals surface area contributed by atoms with Crippen LogP contribution in [0.4, 0.5) is 10.1 Å². The second-order valence-corrected chi connectivity index (χ2v) is 9.75. The van der Waals surface area contributed by atoms with E-state index in [1.165, 1.54) is 29.7 Å². The van der Waals surface area contributed by atoms with Gasteiger partial charge in [-0.3, -0.25) is 9.59 Å². The minimum absolute atomic E-state index is 0.0311. The molecule has 2 aromatic carbocycles. The maximum atomic E-state index is 13.6. The highest BCUT2D eigenvalue weighted by molar-refractivity contribution is 5.94. The predicted molar refractivity (Wildman–Crippen MR) is 130 cm³/mol. The monoisotopic (exact) mass is 450 g/mol. The van der Waals surface area contributed by atoms with E-state index < -0.39 is 0 Å². The van der Waals surface area contributed by atoms with Gasteiger partial charge in [-0.15, -0.1) is 0 Å². The quantitative estimate of drug-likeness (QED) is 0.540. The molecule has 1 heterocycles. The van der Waals surface area contributed by atoms with Crippen LogP contribution in [0.2, 0.25) is 0 Å². The van der Waals surface area contributed by atoms with Crippen molar-refractivity contribution in [2.24, 2.45) is 0 Å². The van der Waals surface area contributed by atoms with Crippen molar-refractivity contribution in [3.63, 3.8) is 0 Å². The number of hydrogen-bond acceptors (Lipinski definition) is 3. The van der Waals surface area contributed by atoms with Gasteiger partial charge in [-0.25, -0.2) is 4.39 Å². The molecular weight excluding hydrogens is 415 g/mol. The van der Waals surface area contributed by atoms with Gasteiger partial charge in [0.05, 0.1) is 0 Å². The fourth-order valence-electron chi connectivity index (χ4n) is 5.76. The molecule has 176 valence electrons. The van der Waals surface area contributed by atoms with Crippen molar-refractivity contribution in [1.82, 2.24) is 4.90 Å². The van der Waals surface area contributed by atoms with Crippen molar-refractivity contribution < 1.29 is 14.0 Å². The topological polar surface area (TPSA) is 40.6 Å². The first kappa shape index (κ1) is 23.6. The molecule has 0 saturated heterocycles. The molecule has 1 fully saturated rings. The van der Waals surface area contributed by atoms with Crippen molar-refractivity contribution >= 4 is 17.4 Å². The summed E-state index contributed by atoms with van der Waals surface area (Å²) in [6, 6.07) is 12.5. The number of carbonyl (C=O) groups excluding carboxylic acids is 2. The summed E-state index contributed by atoms with van der Waals surface area (Å²) < 4.78 is 13.6. The van der Waals surface area contributed by atoms with Gasteiger partial charge in [-0.1, -0.05) is 31.4 Å². The van der Waals surface area contributed by atoms with Gasteiger partial charge in [0.2, 0.25) is 5.91 Å². The van der Waals surface area contributed by atoms with Gasteiger partial charge in [0, 0.05) is 43.3 Å². The van der Waals surface area contributed by atoms with Gasteiger partial charge in [-0.05, 0) is 80.5 Å². The Morgan fingerprint density at radius 1 is 0.939 bits per heavy atom. The average molecular weight is 451 g/mol. The molecule has 4 nitrogen and oxygen atoms in total. The third-order valence-corrected chi connectivity index (χ3v) is 7.56. The maximum Gasteiger partial charge on any atom is 0.224 e. The van der Waals surface area contributed by atoms with Crippen LogP contribution in [0, 0.1) is 5.82 Å². The van der Waals surface area contributed by atoms with Crippen LogP contribution in [0.1, 0.15) is 73.9 Å². The molecule has 0 spiro atoms. The van der Waals surface area contributed by atoms with Gasteiger partial charge in [0.1, 0.15) is 5.82 Å². The Morgan fingerprint density at radius 3 is 2.24 bits per heavy atom. The van der Waals surface area contributed by atoms with Crippen LogP contribution in [-0.4, -0.2) is 41.8 Å². The van der Waals surface area contributed by atoms with Crippen LogP contribution in [0.15, 0.2) is 42.5 Å². The summed E-state index contributed by atoms with van der Waals surface area (Å²) >= 11 is 0. The Bertz CT molecular complexity index is 995. The smallest absolute Gasteiger partial charge is 0.224 e. The summed E-state index contributed by atoms with van der Waals surface area (Å²) in [4.78, 5) is 29.1. The molecule has 1 amide bonds. The Labute approximate surface area is 196 Å². The van der Waals surface area contributed by atoms with Gasteiger partial charge < -0.3 is 9.80 Å². The number of ketones is 1. The number of benzene rings is 2. The van der Waals surface area contributed by atoms with E-state index in [9.17, 15) is 14.0 Å². The summed E-state index contributed by atoms with van der Waals surface area (Å²) in [5.74, 6) is -0.135. The number of halogens is 1. The molecule has 4 rings (SSSR count). The van der Waals surface area contributed by atoms with Crippen molar-refractivity contribution in [3.05, 3.63) is 65.0 Å². The van der Waals surface area contributed by atoms with Crippen molar-refractivity contribution in [3.8, 4) is 0 Å². The molecule has 0 bridgehead atoms.